The van der Waals surface area contributed by atoms with Crippen LogP contribution in [0, 0.1) is 0 Å². The van der Waals surface area contributed by atoms with Crippen molar-refractivity contribution >= 4 is 29.1 Å². The summed E-state index contributed by atoms with van der Waals surface area (Å²) in [6, 6.07) is 0. The number of aliphatic hydroxyl groups is 4. The Labute approximate surface area is 205 Å². The molecule has 7 N–H and O–H groups in total. The third-order valence-corrected chi connectivity index (χ3v) is 6.39. The highest BCUT2D eigenvalue weighted by Gasteiger charge is 2.36. The summed E-state index contributed by atoms with van der Waals surface area (Å²) in [5.41, 5.74) is 7.47. The Morgan fingerprint density at radius 2 is 1.83 bits per heavy atom. The minimum atomic E-state index is -0.762. The number of rotatable bonds is 4. The van der Waals surface area contributed by atoms with Crippen LogP contribution in [0.4, 0.5) is 11.6 Å². The second kappa shape index (κ2) is 10.4. The van der Waals surface area contributed by atoms with Crippen molar-refractivity contribution in [2.45, 2.75) is 56.1 Å². The largest absolute Gasteiger partial charge is 0.394 e. The Kier molecular flexibility index (Phi) is 7.08. The molecule has 0 amide bonds. The van der Waals surface area contributed by atoms with E-state index in [4.69, 9.17) is 25.4 Å². The van der Waals surface area contributed by atoms with Gasteiger partial charge in [0.2, 0.25) is 0 Å². The van der Waals surface area contributed by atoms with Crippen LogP contribution in [0.25, 0.3) is 11.2 Å². The maximum absolute atomic E-state index is 9.89. The molecule has 15 heteroatoms. The van der Waals surface area contributed by atoms with Gasteiger partial charge in [-0.1, -0.05) is 0 Å². The fourth-order valence-electron chi connectivity index (χ4n) is 4.49. The van der Waals surface area contributed by atoms with Gasteiger partial charge in [-0.2, -0.15) is 0 Å². The van der Waals surface area contributed by atoms with Crippen molar-refractivity contribution in [2.24, 2.45) is 4.99 Å². The van der Waals surface area contributed by atoms with E-state index >= 15 is 0 Å². The summed E-state index contributed by atoms with van der Waals surface area (Å²) in [5.74, 6) is 0.968. The number of anilines is 2. The number of hydrogen-bond acceptors (Lipinski definition) is 13. The maximum atomic E-state index is 9.89. The lowest BCUT2D eigenvalue weighted by Crippen LogP contribution is -2.24. The van der Waals surface area contributed by atoms with Crippen molar-refractivity contribution in [1.29, 1.82) is 0 Å². The van der Waals surface area contributed by atoms with Gasteiger partial charge in [0.25, 0.3) is 0 Å². The third kappa shape index (κ3) is 4.63. The van der Waals surface area contributed by atoms with Crippen LogP contribution in [0.15, 0.2) is 24.0 Å². The third-order valence-electron chi connectivity index (χ3n) is 6.39. The lowest BCUT2D eigenvalue weighted by atomic mass is 10.2. The van der Waals surface area contributed by atoms with Crippen molar-refractivity contribution in [1.82, 2.24) is 29.1 Å². The summed E-state index contributed by atoms with van der Waals surface area (Å²) in [7, 11) is 0. The molecule has 2 fully saturated rings. The number of ether oxygens (including phenoxy) is 2. The van der Waals surface area contributed by atoms with E-state index in [1.54, 1.807) is 17.2 Å². The van der Waals surface area contributed by atoms with Crippen LogP contribution in [-0.2, 0) is 9.47 Å². The number of nitrogen functional groups attached to an aromatic ring is 1. The predicted molar refractivity (Wildman–Crippen MR) is 126 cm³/mol. The van der Waals surface area contributed by atoms with Crippen molar-refractivity contribution < 1.29 is 29.9 Å². The molecule has 6 rings (SSSR count). The standard InChI is InChI=1S/C11H16N4O4.C10H13N5O2/c16-3-8-6(17)1-9(19-8)15-5-14-10-7(18)2-12-4-13-11(10)15;11-9-8-10(13-4-12-9)15(5-14-8)7-2-1-6(3-16)17-7/h4-9,16-18H,1-3H2,(H,12,13);4-7,16H,1-3H2,(H2,11,12,13)/t6-,7+,8+,9?;6-,7+/m00/s1. The van der Waals surface area contributed by atoms with Gasteiger partial charge in [0.1, 0.15) is 48.0 Å². The smallest absolute Gasteiger partial charge is 0.167 e. The number of nitrogens with two attached hydrogens (primary N) is 1. The van der Waals surface area contributed by atoms with Crippen molar-refractivity contribution in [2.75, 3.05) is 30.8 Å². The normalized spacial score (nSPS) is 29.4. The van der Waals surface area contributed by atoms with E-state index in [1.807, 2.05) is 4.57 Å². The van der Waals surface area contributed by atoms with Gasteiger partial charge in [0.15, 0.2) is 11.5 Å². The maximum Gasteiger partial charge on any atom is 0.167 e. The average molecular weight is 504 g/mol. The Morgan fingerprint density at radius 1 is 1.00 bits per heavy atom. The molecule has 3 aliphatic heterocycles. The number of imidazole rings is 2. The van der Waals surface area contributed by atoms with Crippen LogP contribution in [0.1, 0.15) is 43.5 Å². The van der Waals surface area contributed by atoms with Crippen molar-refractivity contribution in [3.63, 3.8) is 0 Å². The van der Waals surface area contributed by atoms with Crippen LogP contribution in [0.2, 0.25) is 0 Å². The number of nitrogens with one attached hydrogen (secondary N) is 1. The summed E-state index contributed by atoms with van der Waals surface area (Å²) in [4.78, 5) is 20.4. The zero-order valence-corrected chi connectivity index (χ0v) is 19.3. The SMILES string of the molecule is Nc1ncnc2c1ncn2[C@H]1CC[C@@H](CO)O1.OC[C@H]1OC(n2cnc3c2NC=NC[C@H]3O)C[C@@H]1O. The van der Waals surface area contributed by atoms with E-state index in [-0.39, 0.29) is 32.1 Å². The molecule has 6 heterocycles. The number of hydrogen-bond donors (Lipinski definition) is 6. The Bertz CT molecular complexity index is 1220. The first-order chi connectivity index (χ1) is 17.5. The van der Waals surface area contributed by atoms with Crippen LogP contribution < -0.4 is 11.1 Å². The molecule has 3 aromatic rings. The Morgan fingerprint density at radius 3 is 2.58 bits per heavy atom. The number of fused-ring (bicyclic) bond motifs is 2. The lowest BCUT2D eigenvalue weighted by Gasteiger charge is -2.16. The highest BCUT2D eigenvalue weighted by atomic mass is 16.5. The average Bonchev–Trinajstić information content (AvgIpc) is 3.65. The molecular weight excluding hydrogens is 474 g/mol. The molecular formula is C21H29N9O6. The molecule has 0 saturated carbocycles. The monoisotopic (exact) mass is 503 g/mol. The van der Waals surface area contributed by atoms with Gasteiger partial charge in [-0.25, -0.2) is 19.9 Å². The van der Waals surface area contributed by atoms with E-state index in [9.17, 15) is 10.2 Å². The van der Waals surface area contributed by atoms with E-state index in [2.05, 4.69) is 30.2 Å². The van der Waals surface area contributed by atoms with Crippen LogP contribution in [-0.4, -0.2) is 93.9 Å². The second-order valence-corrected chi connectivity index (χ2v) is 8.71. The zero-order chi connectivity index (χ0) is 25.2. The Balaban J connectivity index is 0.000000149. The van der Waals surface area contributed by atoms with E-state index in [0.717, 1.165) is 12.8 Å². The van der Waals surface area contributed by atoms with Gasteiger partial charge < -0.3 is 41.0 Å². The summed E-state index contributed by atoms with van der Waals surface area (Å²) in [6.45, 7) is 0.0662. The number of aromatic nitrogens is 6. The van der Waals surface area contributed by atoms with Gasteiger partial charge in [0.05, 0.1) is 51.0 Å². The Hall–Kier alpha value is -3.21. The molecule has 1 unspecified atom stereocenters. The van der Waals surface area contributed by atoms with Gasteiger partial charge in [0, 0.05) is 6.42 Å². The molecule has 36 heavy (non-hydrogen) atoms. The fraction of sp³-hybridized carbons (Fsp3) is 0.571. The summed E-state index contributed by atoms with van der Waals surface area (Å²) >= 11 is 0. The van der Waals surface area contributed by atoms with Crippen molar-refractivity contribution in [3.8, 4) is 0 Å². The van der Waals surface area contributed by atoms with Crippen LogP contribution >= 0.6 is 0 Å². The topological polar surface area (TPSA) is 211 Å². The first-order valence-electron chi connectivity index (χ1n) is 11.6. The molecule has 194 valence electrons. The second-order valence-electron chi connectivity index (χ2n) is 8.71. The lowest BCUT2D eigenvalue weighted by molar-refractivity contribution is -0.0437. The van der Waals surface area contributed by atoms with Crippen molar-refractivity contribution in [3.05, 3.63) is 24.7 Å². The molecule has 0 spiro atoms. The molecule has 0 aliphatic carbocycles. The fourth-order valence-corrected chi connectivity index (χ4v) is 4.49. The minimum absolute atomic E-state index is 0.0419. The number of aliphatic imine (C=N–C) groups is 1. The highest BCUT2D eigenvalue weighted by Crippen LogP contribution is 2.34. The number of aliphatic hydroxyl groups excluding tert-OH is 4. The first-order valence-corrected chi connectivity index (χ1v) is 11.6. The quantitative estimate of drug-likeness (QED) is 0.255. The highest BCUT2D eigenvalue weighted by molar-refractivity contribution is 5.81. The summed E-state index contributed by atoms with van der Waals surface area (Å²) in [6.07, 6.45) is 5.43. The molecule has 0 radical (unpaired) electrons. The molecule has 0 bridgehead atoms. The van der Waals surface area contributed by atoms with Crippen LogP contribution in [0.5, 0.6) is 0 Å². The molecule has 15 nitrogen and oxygen atoms in total. The first kappa shape index (κ1) is 24.5. The van der Waals surface area contributed by atoms with E-state index in [1.165, 1.54) is 12.7 Å². The van der Waals surface area contributed by atoms with E-state index < -0.39 is 24.5 Å². The summed E-state index contributed by atoms with van der Waals surface area (Å²) < 4.78 is 14.8. The molecule has 0 aromatic carbocycles. The zero-order valence-electron chi connectivity index (χ0n) is 19.3. The van der Waals surface area contributed by atoms with Crippen LogP contribution in [0.3, 0.4) is 0 Å². The van der Waals surface area contributed by atoms with Gasteiger partial charge >= 0.3 is 0 Å². The van der Waals surface area contributed by atoms with Gasteiger partial charge in [-0.15, -0.1) is 0 Å². The molecule has 2 saturated heterocycles. The molecule has 3 aromatic heterocycles. The number of nitrogens with zero attached hydrogens (tertiary/aromatic N) is 7. The minimum Gasteiger partial charge on any atom is -0.394 e. The predicted octanol–water partition coefficient (Wildman–Crippen LogP) is -0.911. The van der Waals surface area contributed by atoms with Gasteiger partial charge in [-0.3, -0.25) is 14.1 Å². The summed E-state index contributed by atoms with van der Waals surface area (Å²) in [5, 5.41) is 40.7. The van der Waals surface area contributed by atoms with E-state index in [0.29, 0.717) is 34.9 Å². The van der Waals surface area contributed by atoms with Gasteiger partial charge in [-0.05, 0) is 12.8 Å². The molecule has 6 atom stereocenters. The molecule has 3 aliphatic rings.